The van der Waals surface area contributed by atoms with Crippen LogP contribution in [0.25, 0.3) is 0 Å². The summed E-state index contributed by atoms with van der Waals surface area (Å²) in [7, 11) is 4.38. The number of benzene rings is 2. The molecule has 6 heteroatoms. The summed E-state index contributed by atoms with van der Waals surface area (Å²) in [5.41, 5.74) is 1.56. The molecule has 0 saturated carbocycles. The van der Waals surface area contributed by atoms with Crippen molar-refractivity contribution in [1.82, 2.24) is 0 Å². The lowest BCUT2D eigenvalue weighted by Crippen LogP contribution is -2.15. The van der Waals surface area contributed by atoms with Gasteiger partial charge in [0.05, 0.1) is 26.9 Å². The minimum absolute atomic E-state index is 0.201. The Balaban J connectivity index is 2.16. The summed E-state index contributed by atoms with van der Waals surface area (Å²) in [4.78, 5) is 24.5. The van der Waals surface area contributed by atoms with E-state index in [1.807, 2.05) is 19.1 Å². The minimum atomic E-state index is -0.652. The highest BCUT2D eigenvalue weighted by atomic mass is 16.5. The Morgan fingerprint density at radius 2 is 1.52 bits per heavy atom. The summed E-state index contributed by atoms with van der Waals surface area (Å²) >= 11 is 0. The normalized spacial score (nSPS) is 10.1. The van der Waals surface area contributed by atoms with Crippen molar-refractivity contribution >= 4 is 11.8 Å². The van der Waals surface area contributed by atoms with Gasteiger partial charge in [0, 0.05) is 5.56 Å². The molecule has 0 atom stereocenters. The Hall–Kier alpha value is -3.02. The molecule has 0 fully saturated rings. The van der Waals surface area contributed by atoms with Crippen molar-refractivity contribution in [1.29, 1.82) is 0 Å². The van der Waals surface area contributed by atoms with Gasteiger partial charge in [-0.15, -0.1) is 0 Å². The standard InChI is InChI=1S/C19H20O6/c1-12-7-5-6-8-14(12)15(20)11-25-19(21)13-9-16(22-2)18(24-4)17(10-13)23-3/h5-10H,11H2,1-4H3. The molecule has 0 aliphatic carbocycles. The molecule has 0 heterocycles. The molecule has 2 aromatic rings. The van der Waals surface area contributed by atoms with Crippen molar-refractivity contribution in [3.05, 3.63) is 53.1 Å². The number of hydrogen-bond donors (Lipinski definition) is 0. The van der Waals surface area contributed by atoms with Crippen LogP contribution in [-0.4, -0.2) is 39.7 Å². The fraction of sp³-hybridized carbons (Fsp3) is 0.263. The average Bonchev–Trinajstić information content (AvgIpc) is 2.64. The number of methoxy groups -OCH3 is 3. The van der Waals surface area contributed by atoms with Crippen molar-refractivity contribution in [2.75, 3.05) is 27.9 Å². The van der Waals surface area contributed by atoms with E-state index in [4.69, 9.17) is 18.9 Å². The van der Waals surface area contributed by atoms with Gasteiger partial charge in [0.2, 0.25) is 11.5 Å². The molecule has 0 aromatic heterocycles. The monoisotopic (exact) mass is 344 g/mol. The van der Waals surface area contributed by atoms with Crippen molar-refractivity contribution < 1.29 is 28.5 Å². The zero-order valence-electron chi connectivity index (χ0n) is 14.6. The highest BCUT2D eigenvalue weighted by molar-refractivity contribution is 6.00. The van der Waals surface area contributed by atoms with E-state index < -0.39 is 5.97 Å². The van der Waals surface area contributed by atoms with Crippen molar-refractivity contribution in [3.63, 3.8) is 0 Å². The SMILES string of the molecule is COc1cc(C(=O)OCC(=O)c2ccccc2C)cc(OC)c1OC. The Bertz CT molecular complexity index is 756. The van der Waals surface area contributed by atoms with Crippen LogP contribution in [0, 0.1) is 6.92 Å². The number of ketones is 1. The molecule has 0 amide bonds. The molecular weight excluding hydrogens is 324 g/mol. The van der Waals surface area contributed by atoms with Crippen molar-refractivity contribution in [3.8, 4) is 17.2 Å². The minimum Gasteiger partial charge on any atom is -0.493 e. The lowest BCUT2D eigenvalue weighted by atomic mass is 10.1. The van der Waals surface area contributed by atoms with Crippen LogP contribution in [0.1, 0.15) is 26.3 Å². The quantitative estimate of drug-likeness (QED) is 0.568. The van der Waals surface area contributed by atoms with Crippen LogP contribution < -0.4 is 14.2 Å². The summed E-state index contributed by atoms with van der Waals surface area (Å²) < 4.78 is 20.7. The van der Waals surface area contributed by atoms with E-state index in [0.717, 1.165) is 5.56 Å². The number of ether oxygens (including phenoxy) is 4. The largest absolute Gasteiger partial charge is 0.493 e. The third kappa shape index (κ3) is 4.09. The molecule has 6 nitrogen and oxygen atoms in total. The number of carbonyl (C=O) groups is 2. The van der Waals surface area contributed by atoms with Gasteiger partial charge in [-0.25, -0.2) is 4.79 Å². The average molecular weight is 344 g/mol. The maximum absolute atomic E-state index is 12.3. The summed E-state index contributed by atoms with van der Waals surface area (Å²) in [6.45, 7) is 1.48. The number of carbonyl (C=O) groups excluding carboxylic acids is 2. The Morgan fingerprint density at radius 3 is 2.04 bits per heavy atom. The molecule has 0 N–H and O–H groups in total. The second-order valence-corrected chi connectivity index (χ2v) is 5.23. The highest BCUT2D eigenvalue weighted by Gasteiger charge is 2.19. The summed E-state index contributed by atoms with van der Waals surface area (Å²) in [6.07, 6.45) is 0. The van der Waals surface area contributed by atoms with Gasteiger partial charge in [0.15, 0.2) is 18.1 Å². The van der Waals surface area contributed by atoms with Crippen LogP contribution in [0.15, 0.2) is 36.4 Å². The van der Waals surface area contributed by atoms with Gasteiger partial charge in [0.1, 0.15) is 0 Å². The first kappa shape index (κ1) is 18.3. The Morgan fingerprint density at radius 1 is 0.920 bits per heavy atom. The first-order chi connectivity index (χ1) is 12.0. The summed E-state index contributed by atoms with van der Waals surface area (Å²) in [6, 6.07) is 10.1. The first-order valence-corrected chi connectivity index (χ1v) is 7.57. The lowest BCUT2D eigenvalue weighted by Gasteiger charge is -2.13. The fourth-order valence-corrected chi connectivity index (χ4v) is 2.38. The highest BCUT2D eigenvalue weighted by Crippen LogP contribution is 2.38. The number of esters is 1. The summed E-state index contributed by atoms with van der Waals surface area (Å²) in [5, 5.41) is 0. The predicted molar refractivity (Wildman–Crippen MR) is 91.9 cm³/mol. The van der Waals surface area contributed by atoms with Gasteiger partial charge in [-0.2, -0.15) is 0 Å². The van der Waals surface area contributed by atoms with E-state index in [-0.39, 0.29) is 18.0 Å². The molecule has 0 aliphatic heterocycles. The van der Waals surface area contributed by atoms with Crippen molar-refractivity contribution in [2.45, 2.75) is 6.92 Å². The zero-order chi connectivity index (χ0) is 18.4. The lowest BCUT2D eigenvalue weighted by molar-refractivity contribution is 0.0474. The number of hydrogen-bond acceptors (Lipinski definition) is 6. The van der Waals surface area contributed by atoms with E-state index >= 15 is 0 Å². The van der Waals surface area contributed by atoms with E-state index in [1.165, 1.54) is 33.5 Å². The maximum Gasteiger partial charge on any atom is 0.338 e. The Kier molecular flexibility index (Phi) is 6.00. The predicted octanol–water partition coefficient (Wildman–Crippen LogP) is 3.06. The van der Waals surface area contributed by atoms with Crippen LogP contribution in [0.3, 0.4) is 0 Å². The van der Waals surface area contributed by atoms with Gasteiger partial charge in [-0.05, 0) is 24.6 Å². The van der Waals surface area contributed by atoms with Crippen LogP contribution >= 0.6 is 0 Å². The van der Waals surface area contributed by atoms with Gasteiger partial charge < -0.3 is 18.9 Å². The molecule has 0 radical (unpaired) electrons. The second-order valence-electron chi connectivity index (χ2n) is 5.23. The van der Waals surface area contributed by atoms with Crippen LogP contribution in [-0.2, 0) is 4.74 Å². The van der Waals surface area contributed by atoms with Gasteiger partial charge in [0.25, 0.3) is 0 Å². The topological polar surface area (TPSA) is 71.1 Å². The third-order valence-corrected chi connectivity index (χ3v) is 3.68. The number of aryl methyl sites for hydroxylation is 1. The fourth-order valence-electron chi connectivity index (χ4n) is 2.38. The second kappa shape index (κ2) is 8.19. The molecule has 0 aliphatic rings. The molecular formula is C19H20O6. The third-order valence-electron chi connectivity index (χ3n) is 3.68. The maximum atomic E-state index is 12.3. The van der Waals surface area contributed by atoms with E-state index in [9.17, 15) is 9.59 Å². The first-order valence-electron chi connectivity index (χ1n) is 7.57. The smallest absolute Gasteiger partial charge is 0.338 e. The molecule has 2 aromatic carbocycles. The van der Waals surface area contributed by atoms with E-state index in [0.29, 0.717) is 22.8 Å². The van der Waals surface area contributed by atoms with Gasteiger partial charge in [-0.1, -0.05) is 24.3 Å². The van der Waals surface area contributed by atoms with Gasteiger partial charge in [-0.3, -0.25) is 4.79 Å². The van der Waals surface area contributed by atoms with Crippen molar-refractivity contribution in [2.24, 2.45) is 0 Å². The van der Waals surface area contributed by atoms with Crippen LogP contribution in [0.5, 0.6) is 17.2 Å². The van der Waals surface area contributed by atoms with Crippen LogP contribution in [0.2, 0.25) is 0 Å². The van der Waals surface area contributed by atoms with Crippen LogP contribution in [0.4, 0.5) is 0 Å². The molecule has 25 heavy (non-hydrogen) atoms. The number of Topliss-reactive ketones (excluding diaryl/α,β-unsaturated/α-hetero) is 1. The van der Waals surface area contributed by atoms with E-state index in [1.54, 1.807) is 12.1 Å². The molecule has 132 valence electrons. The van der Waals surface area contributed by atoms with E-state index in [2.05, 4.69) is 0 Å². The zero-order valence-corrected chi connectivity index (χ0v) is 14.6. The summed E-state index contributed by atoms with van der Waals surface area (Å²) in [5.74, 6) is 0.121. The molecule has 0 saturated heterocycles. The molecule has 2 rings (SSSR count). The Labute approximate surface area is 146 Å². The molecule has 0 unspecified atom stereocenters. The van der Waals surface area contributed by atoms with Gasteiger partial charge >= 0.3 is 5.97 Å². The molecule has 0 bridgehead atoms. The molecule has 0 spiro atoms. The number of rotatable bonds is 7.